The number of carbonyl (C=O) groups excluding carboxylic acids is 1. The van der Waals surface area contributed by atoms with Crippen LogP contribution in [0.3, 0.4) is 0 Å². The predicted octanol–water partition coefficient (Wildman–Crippen LogP) is 4.10. The van der Waals surface area contributed by atoms with Gasteiger partial charge in [0.25, 0.3) is 5.69 Å². The maximum absolute atomic E-state index is 11.5. The van der Waals surface area contributed by atoms with Gasteiger partial charge in [0, 0.05) is 18.1 Å². The van der Waals surface area contributed by atoms with Crippen LogP contribution in [0.25, 0.3) is 11.3 Å². The third kappa shape index (κ3) is 2.66. The molecule has 0 saturated heterocycles. The highest BCUT2D eigenvalue weighted by molar-refractivity contribution is 6.32. The number of ketones is 1. The van der Waals surface area contributed by atoms with Gasteiger partial charge in [0.2, 0.25) is 0 Å². The topological polar surface area (TPSA) is 73.3 Å². The molecule has 2 rings (SSSR count). The van der Waals surface area contributed by atoms with Gasteiger partial charge in [0.05, 0.1) is 4.92 Å². The lowest BCUT2D eigenvalue weighted by Crippen LogP contribution is -1.92. The van der Waals surface area contributed by atoms with E-state index in [2.05, 4.69) is 0 Å². The molecule has 0 atom stereocenters. The van der Waals surface area contributed by atoms with E-state index >= 15 is 0 Å². The van der Waals surface area contributed by atoms with Gasteiger partial charge in [-0.3, -0.25) is 14.9 Å². The number of hydrogen-bond donors (Lipinski definition) is 0. The minimum Gasteiger partial charge on any atom is -0.453 e. The average Bonchev–Trinajstić information content (AvgIpc) is 2.86. The molecule has 19 heavy (non-hydrogen) atoms. The number of nitrogens with zero attached hydrogens (tertiary/aromatic N) is 1. The van der Waals surface area contributed by atoms with Crippen molar-refractivity contribution < 1.29 is 14.1 Å². The zero-order valence-corrected chi connectivity index (χ0v) is 10.8. The summed E-state index contributed by atoms with van der Waals surface area (Å²) in [5, 5.41) is 10.7. The van der Waals surface area contributed by atoms with Gasteiger partial charge in [0.1, 0.15) is 10.8 Å². The van der Waals surface area contributed by atoms with Crippen LogP contribution in [0.15, 0.2) is 34.7 Å². The molecule has 0 fully saturated rings. The first-order valence-electron chi connectivity index (χ1n) is 5.60. The molecule has 1 heterocycles. The minimum absolute atomic E-state index is 0.0299. The normalized spacial score (nSPS) is 10.4. The third-order valence-electron chi connectivity index (χ3n) is 2.63. The zero-order valence-electron chi connectivity index (χ0n) is 10.1. The average molecular weight is 280 g/mol. The van der Waals surface area contributed by atoms with Gasteiger partial charge in [-0.25, -0.2) is 0 Å². The Labute approximate surface area is 113 Å². The van der Waals surface area contributed by atoms with E-state index in [9.17, 15) is 14.9 Å². The van der Waals surface area contributed by atoms with Crippen LogP contribution in [0.4, 0.5) is 5.69 Å². The molecule has 0 unspecified atom stereocenters. The second-order valence-electron chi connectivity index (χ2n) is 3.86. The molecule has 0 aliphatic rings. The molecule has 0 aliphatic heterocycles. The van der Waals surface area contributed by atoms with Crippen molar-refractivity contribution >= 4 is 23.1 Å². The van der Waals surface area contributed by atoms with Crippen molar-refractivity contribution in [2.45, 2.75) is 13.3 Å². The largest absolute Gasteiger partial charge is 0.453 e. The molecule has 5 nitrogen and oxygen atoms in total. The fourth-order valence-electron chi connectivity index (χ4n) is 1.63. The van der Waals surface area contributed by atoms with Crippen molar-refractivity contribution in [3.8, 4) is 11.3 Å². The van der Waals surface area contributed by atoms with Crippen LogP contribution < -0.4 is 0 Å². The van der Waals surface area contributed by atoms with Crippen molar-refractivity contribution in [1.82, 2.24) is 0 Å². The summed E-state index contributed by atoms with van der Waals surface area (Å²) in [6.07, 6.45) is 0.355. The number of hydrogen-bond acceptors (Lipinski definition) is 4. The Kier molecular flexibility index (Phi) is 3.66. The summed E-state index contributed by atoms with van der Waals surface area (Å²) in [7, 11) is 0. The minimum atomic E-state index is -0.555. The van der Waals surface area contributed by atoms with Gasteiger partial charge >= 0.3 is 0 Å². The fourth-order valence-corrected chi connectivity index (χ4v) is 1.87. The van der Waals surface area contributed by atoms with Crippen molar-refractivity contribution in [1.29, 1.82) is 0 Å². The van der Waals surface area contributed by atoms with E-state index in [0.29, 0.717) is 17.7 Å². The van der Waals surface area contributed by atoms with Crippen LogP contribution in [0, 0.1) is 10.1 Å². The number of halogens is 1. The van der Waals surface area contributed by atoms with Gasteiger partial charge in [-0.1, -0.05) is 18.5 Å². The van der Waals surface area contributed by atoms with Crippen LogP contribution in [0.2, 0.25) is 5.02 Å². The van der Waals surface area contributed by atoms with Crippen molar-refractivity contribution in [2.24, 2.45) is 0 Å². The SMILES string of the molecule is CCC(=O)c1ccc(-c2ccc([N+](=O)[O-])c(Cl)c2)o1. The summed E-state index contributed by atoms with van der Waals surface area (Å²) >= 11 is 5.82. The standard InChI is InChI=1S/C13H10ClNO4/c1-2-11(16)13-6-5-12(19-13)8-3-4-10(15(17)18)9(14)7-8/h3-7H,2H2,1H3. The summed E-state index contributed by atoms with van der Waals surface area (Å²) in [5.74, 6) is 0.625. The molecule has 0 bridgehead atoms. The van der Waals surface area contributed by atoms with Crippen LogP contribution in [0.5, 0.6) is 0 Å². The number of Topliss-reactive ketones (excluding diaryl/α,β-unsaturated/α-hetero) is 1. The Morgan fingerprint density at radius 2 is 2.11 bits per heavy atom. The predicted molar refractivity (Wildman–Crippen MR) is 70.4 cm³/mol. The van der Waals surface area contributed by atoms with Gasteiger partial charge in [-0.15, -0.1) is 0 Å². The summed E-state index contributed by atoms with van der Waals surface area (Å²) < 4.78 is 5.40. The van der Waals surface area contributed by atoms with E-state index in [0.717, 1.165) is 0 Å². The molecule has 0 aliphatic carbocycles. The monoisotopic (exact) mass is 279 g/mol. The second kappa shape index (κ2) is 5.24. The highest BCUT2D eigenvalue weighted by Crippen LogP contribution is 2.31. The maximum atomic E-state index is 11.5. The zero-order chi connectivity index (χ0) is 14.0. The highest BCUT2D eigenvalue weighted by Gasteiger charge is 2.15. The Morgan fingerprint density at radius 3 is 2.68 bits per heavy atom. The first kappa shape index (κ1) is 13.3. The quantitative estimate of drug-likeness (QED) is 0.480. The van der Waals surface area contributed by atoms with E-state index in [4.69, 9.17) is 16.0 Å². The van der Waals surface area contributed by atoms with E-state index in [1.54, 1.807) is 19.1 Å². The number of nitro groups is 1. The summed E-state index contributed by atoms with van der Waals surface area (Å²) in [6, 6.07) is 7.50. The fraction of sp³-hybridized carbons (Fsp3) is 0.154. The summed E-state index contributed by atoms with van der Waals surface area (Å²) in [5.41, 5.74) is 0.424. The highest BCUT2D eigenvalue weighted by atomic mass is 35.5. The molecule has 0 amide bonds. The van der Waals surface area contributed by atoms with Crippen LogP contribution in [-0.2, 0) is 0 Å². The molecule has 0 saturated carbocycles. The Hall–Kier alpha value is -2.14. The van der Waals surface area contributed by atoms with Gasteiger partial charge in [0.15, 0.2) is 11.5 Å². The van der Waals surface area contributed by atoms with Gasteiger partial charge in [-0.2, -0.15) is 0 Å². The lowest BCUT2D eigenvalue weighted by atomic mass is 10.1. The van der Waals surface area contributed by atoms with Crippen LogP contribution >= 0.6 is 11.6 Å². The number of nitro benzene ring substituents is 1. The molecule has 98 valence electrons. The molecule has 2 aromatic rings. The smallest absolute Gasteiger partial charge is 0.287 e. The first-order chi connectivity index (χ1) is 9.02. The summed E-state index contributed by atoms with van der Waals surface area (Å²) in [4.78, 5) is 21.6. The van der Waals surface area contributed by atoms with Crippen LogP contribution in [-0.4, -0.2) is 10.7 Å². The van der Waals surface area contributed by atoms with E-state index in [-0.39, 0.29) is 22.3 Å². The molecular formula is C13H10ClNO4. The number of furan rings is 1. The van der Waals surface area contributed by atoms with E-state index < -0.39 is 4.92 Å². The second-order valence-corrected chi connectivity index (χ2v) is 4.27. The number of benzene rings is 1. The van der Waals surface area contributed by atoms with Gasteiger partial charge < -0.3 is 4.42 Å². The van der Waals surface area contributed by atoms with Crippen molar-refractivity contribution in [3.63, 3.8) is 0 Å². The molecule has 1 aromatic carbocycles. The van der Waals surface area contributed by atoms with E-state index in [1.165, 1.54) is 18.2 Å². The number of carbonyl (C=O) groups is 1. The maximum Gasteiger partial charge on any atom is 0.287 e. The Morgan fingerprint density at radius 1 is 1.37 bits per heavy atom. The lowest BCUT2D eigenvalue weighted by Gasteiger charge is -1.99. The number of rotatable bonds is 4. The Balaban J connectivity index is 2.37. The van der Waals surface area contributed by atoms with Crippen LogP contribution in [0.1, 0.15) is 23.9 Å². The molecule has 0 spiro atoms. The van der Waals surface area contributed by atoms with Crippen molar-refractivity contribution in [3.05, 3.63) is 51.2 Å². The first-order valence-corrected chi connectivity index (χ1v) is 5.98. The molecule has 6 heteroatoms. The Bertz CT molecular complexity index is 648. The van der Waals surface area contributed by atoms with Gasteiger partial charge in [-0.05, 0) is 24.3 Å². The molecule has 0 N–H and O–H groups in total. The summed E-state index contributed by atoms with van der Waals surface area (Å²) in [6.45, 7) is 1.74. The third-order valence-corrected chi connectivity index (χ3v) is 2.93. The lowest BCUT2D eigenvalue weighted by molar-refractivity contribution is -0.384. The molecule has 0 radical (unpaired) electrons. The van der Waals surface area contributed by atoms with E-state index in [1.807, 2.05) is 0 Å². The molecular weight excluding hydrogens is 270 g/mol. The van der Waals surface area contributed by atoms with Crippen molar-refractivity contribution in [2.75, 3.05) is 0 Å². The molecule has 1 aromatic heterocycles.